The monoisotopic (exact) mass is 357 g/mol. The number of nitrogens with zero attached hydrogens (tertiary/aromatic N) is 2. The van der Waals surface area contributed by atoms with Crippen LogP contribution in [0.15, 0.2) is 23.3 Å². The molecule has 0 saturated heterocycles. The molecule has 1 aromatic carbocycles. The molecule has 0 spiro atoms. The van der Waals surface area contributed by atoms with Crippen LogP contribution in [0.25, 0.3) is 0 Å². The van der Waals surface area contributed by atoms with Gasteiger partial charge >= 0.3 is 0 Å². The summed E-state index contributed by atoms with van der Waals surface area (Å²) in [6.45, 7) is 1.48. The summed E-state index contributed by atoms with van der Waals surface area (Å²) in [5.74, 6) is -0.480. The molecule has 0 atom stereocenters. The maximum absolute atomic E-state index is 12.0. The molecule has 0 aliphatic heterocycles. The molecule has 0 radical (unpaired) electrons. The SMILES string of the molecule is Cc1ccc(N(CC(=O)NN=C2CCCC2)S(C)(=O)=O)cc1Cl. The molecule has 23 heavy (non-hydrogen) atoms. The van der Waals surface area contributed by atoms with Crippen LogP contribution in [-0.4, -0.2) is 32.8 Å². The van der Waals surface area contributed by atoms with Crippen LogP contribution in [0.4, 0.5) is 5.69 Å². The molecule has 6 nitrogen and oxygen atoms in total. The highest BCUT2D eigenvalue weighted by atomic mass is 35.5. The summed E-state index contributed by atoms with van der Waals surface area (Å²) >= 11 is 6.05. The first-order valence-corrected chi connectivity index (χ1v) is 9.58. The molecule has 1 amide bonds. The van der Waals surface area contributed by atoms with E-state index >= 15 is 0 Å². The molecule has 8 heteroatoms. The third-order valence-corrected chi connectivity index (χ3v) is 5.20. The molecule has 1 aromatic rings. The van der Waals surface area contributed by atoms with Crippen LogP contribution in [0.3, 0.4) is 0 Å². The van der Waals surface area contributed by atoms with Gasteiger partial charge in [-0.2, -0.15) is 5.10 Å². The average molecular weight is 358 g/mol. The van der Waals surface area contributed by atoms with E-state index in [2.05, 4.69) is 10.5 Å². The van der Waals surface area contributed by atoms with Gasteiger partial charge in [-0.15, -0.1) is 0 Å². The second-order valence-corrected chi connectivity index (χ2v) is 7.94. The van der Waals surface area contributed by atoms with E-state index in [1.165, 1.54) is 6.07 Å². The number of hydrogen-bond acceptors (Lipinski definition) is 4. The summed E-state index contributed by atoms with van der Waals surface area (Å²) in [4.78, 5) is 12.0. The van der Waals surface area contributed by atoms with E-state index in [4.69, 9.17) is 11.6 Å². The van der Waals surface area contributed by atoms with Gasteiger partial charge in [-0.05, 0) is 50.3 Å². The quantitative estimate of drug-likeness (QED) is 0.822. The first-order valence-electron chi connectivity index (χ1n) is 7.35. The van der Waals surface area contributed by atoms with Crippen molar-refractivity contribution in [2.24, 2.45) is 5.10 Å². The van der Waals surface area contributed by atoms with E-state index in [1.54, 1.807) is 12.1 Å². The fourth-order valence-electron chi connectivity index (χ4n) is 2.34. The van der Waals surface area contributed by atoms with Crippen molar-refractivity contribution in [1.29, 1.82) is 0 Å². The van der Waals surface area contributed by atoms with Crippen molar-refractivity contribution in [1.82, 2.24) is 5.43 Å². The maximum atomic E-state index is 12.0. The van der Waals surface area contributed by atoms with Crippen molar-refractivity contribution >= 4 is 38.9 Å². The van der Waals surface area contributed by atoms with Gasteiger partial charge in [0.15, 0.2) is 0 Å². The molecule has 1 N–H and O–H groups in total. The minimum Gasteiger partial charge on any atom is -0.271 e. The number of nitrogens with one attached hydrogen (secondary N) is 1. The van der Waals surface area contributed by atoms with Gasteiger partial charge in [-0.25, -0.2) is 13.8 Å². The number of sulfonamides is 1. The predicted octanol–water partition coefficient (Wildman–Crippen LogP) is 2.46. The van der Waals surface area contributed by atoms with Crippen molar-refractivity contribution in [3.8, 4) is 0 Å². The lowest BCUT2D eigenvalue weighted by molar-refractivity contribution is -0.119. The second kappa shape index (κ2) is 7.31. The number of hydrogen-bond donors (Lipinski definition) is 1. The van der Waals surface area contributed by atoms with Gasteiger partial charge in [-0.3, -0.25) is 9.10 Å². The lowest BCUT2D eigenvalue weighted by Crippen LogP contribution is -2.39. The highest BCUT2D eigenvalue weighted by Crippen LogP contribution is 2.24. The summed E-state index contributed by atoms with van der Waals surface area (Å²) in [6, 6.07) is 4.87. The Morgan fingerprint density at radius 1 is 1.35 bits per heavy atom. The maximum Gasteiger partial charge on any atom is 0.260 e. The lowest BCUT2D eigenvalue weighted by atomic mass is 10.2. The van der Waals surface area contributed by atoms with Gasteiger partial charge < -0.3 is 0 Å². The number of benzene rings is 1. The molecular weight excluding hydrogens is 338 g/mol. The summed E-state index contributed by atoms with van der Waals surface area (Å²) in [5.41, 5.74) is 4.57. The lowest BCUT2D eigenvalue weighted by Gasteiger charge is -2.22. The van der Waals surface area contributed by atoms with E-state index in [1.807, 2.05) is 6.92 Å². The smallest absolute Gasteiger partial charge is 0.260 e. The number of anilines is 1. The van der Waals surface area contributed by atoms with Crippen LogP contribution in [0, 0.1) is 6.92 Å². The van der Waals surface area contributed by atoms with Crippen LogP contribution in [0.2, 0.25) is 5.02 Å². The number of aryl methyl sites for hydroxylation is 1. The first-order chi connectivity index (χ1) is 10.8. The topological polar surface area (TPSA) is 78.8 Å². The van der Waals surface area contributed by atoms with Gasteiger partial charge in [0.25, 0.3) is 5.91 Å². The first kappa shape index (κ1) is 17.7. The molecule has 2 rings (SSSR count). The third-order valence-electron chi connectivity index (χ3n) is 3.65. The predicted molar refractivity (Wildman–Crippen MR) is 92.4 cm³/mol. The number of amides is 1. The largest absolute Gasteiger partial charge is 0.271 e. The minimum atomic E-state index is -3.61. The number of carbonyl (C=O) groups excluding carboxylic acids is 1. The van der Waals surface area contributed by atoms with Crippen LogP contribution in [0.1, 0.15) is 31.2 Å². The minimum absolute atomic E-state index is 0.338. The fraction of sp³-hybridized carbons (Fsp3) is 0.467. The molecule has 1 saturated carbocycles. The van der Waals surface area contributed by atoms with E-state index in [-0.39, 0.29) is 6.54 Å². The van der Waals surface area contributed by atoms with Crippen LogP contribution >= 0.6 is 11.6 Å². The van der Waals surface area contributed by atoms with E-state index in [9.17, 15) is 13.2 Å². The summed E-state index contributed by atoms with van der Waals surface area (Å²) < 4.78 is 25.0. The molecule has 0 heterocycles. The van der Waals surface area contributed by atoms with Crippen LogP contribution in [0.5, 0.6) is 0 Å². The number of rotatable bonds is 5. The Labute approximate surface area is 141 Å². The Morgan fingerprint density at radius 2 is 2.00 bits per heavy atom. The summed E-state index contributed by atoms with van der Waals surface area (Å²) in [5, 5.41) is 4.50. The fourth-order valence-corrected chi connectivity index (χ4v) is 3.36. The second-order valence-electron chi connectivity index (χ2n) is 5.62. The van der Waals surface area contributed by atoms with Gasteiger partial charge in [0.2, 0.25) is 10.0 Å². The molecule has 0 bridgehead atoms. The van der Waals surface area contributed by atoms with Gasteiger partial charge in [0, 0.05) is 10.7 Å². The Bertz CT molecular complexity index is 723. The van der Waals surface area contributed by atoms with Gasteiger partial charge in [-0.1, -0.05) is 17.7 Å². The van der Waals surface area contributed by atoms with Gasteiger partial charge in [0.1, 0.15) is 6.54 Å². The summed E-state index contributed by atoms with van der Waals surface area (Å²) in [6.07, 6.45) is 4.96. The normalized spacial score (nSPS) is 14.7. The zero-order chi connectivity index (χ0) is 17.0. The number of hydrazone groups is 1. The molecular formula is C15H20ClN3O3S. The number of carbonyl (C=O) groups is 1. The molecule has 0 aromatic heterocycles. The highest BCUT2D eigenvalue weighted by Gasteiger charge is 2.21. The highest BCUT2D eigenvalue weighted by molar-refractivity contribution is 7.92. The Morgan fingerprint density at radius 3 is 2.57 bits per heavy atom. The van der Waals surface area contributed by atoms with E-state index < -0.39 is 15.9 Å². The molecule has 1 fully saturated rings. The Balaban J connectivity index is 2.14. The van der Waals surface area contributed by atoms with Crippen molar-refractivity contribution in [3.05, 3.63) is 28.8 Å². The molecule has 1 aliphatic rings. The Hall–Kier alpha value is -1.60. The summed E-state index contributed by atoms with van der Waals surface area (Å²) in [7, 11) is -3.61. The zero-order valence-electron chi connectivity index (χ0n) is 13.2. The van der Waals surface area contributed by atoms with E-state index in [0.29, 0.717) is 10.7 Å². The van der Waals surface area contributed by atoms with E-state index in [0.717, 1.165) is 47.5 Å². The third kappa shape index (κ3) is 4.94. The average Bonchev–Trinajstić information content (AvgIpc) is 2.98. The Kier molecular flexibility index (Phi) is 5.64. The standard InChI is InChI=1S/C15H20ClN3O3S/c1-11-7-8-13(9-14(11)16)19(23(2,21)22)10-15(20)18-17-12-5-3-4-6-12/h7-9H,3-6,10H2,1-2H3,(H,18,20). The molecule has 1 aliphatic carbocycles. The zero-order valence-corrected chi connectivity index (χ0v) is 14.7. The van der Waals surface area contributed by atoms with Crippen LogP contribution in [-0.2, 0) is 14.8 Å². The molecule has 126 valence electrons. The van der Waals surface area contributed by atoms with Crippen LogP contribution < -0.4 is 9.73 Å². The van der Waals surface area contributed by atoms with Crippen molar-refractivity contribution in [2.45, 2.75) is 32.6 Å². The van der Waals surface area contributed by atoms with Crippen molar-refractivity contribution < 1.29 is 13.2 Å². The van der Waals surface area contributed by atoms with Crippen molar-refractivity contribution in [3.63, 3.8) is 0 Å². The van der Waals surface area contributed by atoms with Gasteiger partial charge in [0.05, 0.1) is 11.9 Å². The molecule has 0 unspecified atom stereocenters. The number of halogens is 1. The van der Waals surface area contributed by atoms with Crippen molar-refractivity contribution in [2.75, 3.05) is 17.1 Å².